The molecule has 0 spiro atoms. The summed E-state index contributed by atoms with van der Waals surface area (Å²) in [5, 5.41) is 0. The molecule has 0 bridgehead atoms. The Labute approximate surface area is 96.8 Å². The molecule has 0 saturated carbocycles. The summed E-state index contributed by atoms with van der Waals surface area (Å²) >= 11 is 3.51. The zero-order valence-corrected chi connectivity index (χ0v) is 10.4. The maximum Gasteiger partial charge on any atom is 0.196 e. The fourth-order valence-electron chi connectivity index (χ4n) is 1.59. The van der Waals surface area contributed by atoms with Gasteiger partial charge in [-0.25, -0.2) is 4.98 Å². The molecule has 1 aromatic heterocycles. The van der Waals surface area contributed by atoms with Crippen LogP contribution in [0.2, 0.25) is 0 Å². The molecule has 0 fully saturated rings. The molecular formula is C11H13BrN2O. The minimum Gasteiger partial charge on any atom is -0.440 e. The molecule has 80 valence electrons. The Balaban J connectivity index is 2.68. The van der Waals surface area contributed by atoms with E-state index in [-0.39, 0.29) is 0 Å². The first kappa shape index (κ1) is 10.6. The molecule has 0 atom stereocenters. The third kappa shape index (κ3) is 1.79. The average molecular weight is 269 g/mol. The van der Waals surface area contributed by atoms with E-state index in [1.54, 1.807) is 0 Å². The van der Waals surface area contributed by atoms with Gasteiger partial charge in [-0.15, -0.1) is 0 Å². The van der Waals surface area contributed by atoms with Gasteiger partial charge < -0.3 is 10.2 Å². The van der Waals surface area contributed by atoms with Crippen LogP contribution in [-0.4, -0.2) is 11.5 Å². The first-order valence-corrected chi connectivity index (χ1v) is 5.68. The minimum absolute atomic E-state index is 0.562. The number of rotatable bonds is 2. The molecule has 0 radical (unpaired) electrons. The van der Waals surface area contributed by atoms with Crippen molar-refractivity contribution in [1.82, 2.24) is 4.98 Å². The van der Waals surface area contributed by atoms with Crippen molar-refractivity contribution in [2.45, 2.75) is 20.3 Å². The number of nitrogens with zero attached hydrogens (tertiary/aromatic N) is 1. The number of hydrogen-bond donors (Lipinski definition) is 1. The van der Waals surface area contributed by atoms with E-state index in [9.17, 15) is 0 Å². The monoisotopic (exact) mass is 268 g/mol. The van der Waals surface area contributed by atoms with Crippen LogP contribution < -0.4 is 5.73 Å². The molecule has 2 rings (SSSR count). The van der Waals surface area contributed by atoms with Crippen molar-refractivity contribution >= 4 is 27.0 Å². The summed E-state index contributed by atoms with van der Waals surface area (Å²) in [6, 6.07) is 2.05. The van der Waals surface area contributed by atoms with Crippen molar-refractivity contribution in [2.75, 3.05) is 6.54 Å². The first-order valence-electron chi connectivity index (χ1n) is 4.88. The van der Waals surface area contributed by atoms with Gasteiger partial charge in [0.05, 0.1) is 0 Å². The standard InChI is InChI=1S/C11H13BrN2O/c1-6-5-8(12)7(2)10-11(6)15-9(14-10)3-4-13/h5H,3-4,13H2,1-2H3. The van der Waals surface area contributed by atoms with E-state index in [2.05, 4.69) is 27.0 Å². The highest BCUT2D eigenvalue weighted by molar-refractivity contribution is 9.10. The van der Waals surface area contributed by atoms with E-state index in [1.165, 1.54) is 0 Å². The molecule has 0 saturated heterocycles. The molecule has 0 aliphatic carbocycles. The van der Waals surface area contributed by atoms with Gasteiger partial charge in [0.25, 0.3) is 0 Å². The van der Waals surface area contributed by atoms with Crippen molar-refractivity contribution in [1.29, 1.82) is 0 Å². The highest BCUT2D eigenvalue weighted by Gasteiger charge is 2.12. The molecule has 0 aliphatic rings. The van der Waals surface area contributed by atoms with Crippen LogP contribution in [0.3, 0.4) is 0 Å². The summed E-state index contributed by atoms with van der Waals surface area (Å²) in [7, 11) is 0. The van der Waals surface area contributed by atoms with Crippen LogP contribution in [0.5, 0.6) is 0 Å². The molecule has 1 heterocycles. The SMILES string of the molecule is Cc1c(Br)cc(C)c2oc(CCN)nc12. The molecule has 2 N–H and O–H groups in total. The number of benzene rings is 1. The van der Waals surface area contributed by atoms with Crippen LogP contribution in [0.15, 0.2) is 15.0 Å². The van der Waals surface area contributed by atoms with Gasteiger partial charge in [0.1, 0.15) is 5.52 Å². The van der Waals surface area contributed by atoms with Crippen molar-refractivity contribution in [2.24, 2.45) is 5.73 Å². The molecule has 2 aromatic rings. The Morgan fingerprint density at radius 2 is 2.20 bits per heavy atom. The van der Waals surface area contributed by atoms with Crippen LogP contribution in [0.25, 0.3) is 11.1 Å². The van der Waals surface area contributed by atoms with Gasteiger partial charge in [-0.05, 0) is 31.0 Å². The Morgan fingerprint density at radius 3 is 2.87 bits per heavy atom. The van der Waals surface area contributed by atoms with Gasteiger partial charge in [-0.1, -0.05) is 15.9 Å². The van der Waals surface area contributed by atoms with Gasteiger partial charge in [-0.2, -0.15) is 0 Å². The Hall–Kier alpha value is -0.870. The first-order chi connectivity index (χ1) is 7.13. The van der Waals surface area contributed by atoms with Crippen molar-refractivity contribution in [3.63, 3.8) is 0 Å². The lowest BCUT2D eigenvalue weighted by Crippen LogP contribution is -2.02. The number of aryl methyl sites for hydroxylation is 2. The maximum atomic E-state index is 5.66. The fraction of sp³-hybridized carbons (Fsp3) is 0.364. The van der Waals surface area contributed by atoms with E-state index < -0.39 is 0 Å². The molecule has 15 heavy (non-hydrogen) atoms. The fourth-order valence-corrected chi connectivity index (χ4v) is 2.12. The van der Waals surface area contributed by atoms with Gasteiger partial charge >= 0.3 is 0 Å². The lowest BCUT2D eigenvalue weighted by molar-refractivity contribution is 0.529. The normalized spacial score (nSPS) is 11.2. The predicted molar refractivity (Wildman–Crippen MR) is 63.9 cm³/mol. The third-order valence-electron chi connectivity index (χ3n) is 2.44. The summed E-state index contributed by atoms with van der Waals surface area (Å²) in [5.74, 6) is 0.719. The van der Waals surface area contributed by atoms with E-state index in [0.717, 1.165) is 32.6 Å². The van der Waals surface area contributed by atoms with E-state index in [1.807, 2.05) is 13.8 Å². The summed E-state index contributed by atoms with van der Waals surface area (Å²) < 4.78 is 6.73. The second-order valence-corrected chi connectivity index (χ2v) is 4.48. The number of oxazole rings is 1. The quantitative estimate of drug-likeness (QED) is 0.911. The van der Waals surface area contributed by atoms with Gasteiger partial charge in [0.2, 0.25) is 0 Å². The third-order valence-corrected chi connectivity index (χ3v) is 3.27. The second kappa shape index (κ2) is 3.94. The smallest absolute Gasteiger partial charge is 0.196 e. The van der Waals surface area contributed by atoms with Crippen molar-refractivity contribution in [3.8, 4) is 0 Å². The van der Waals surface area contributed by atoms with Gasteiger partial charge in [0.15, 0.2) is 11.5 Å². The van der Waals surface area contributed by atoms with E-state index >= 15 is 0 Å². The van der Waals surface area contributed by atoms with Crippen LogP contribution in [0, 0.1) is 13.8 Å². The number of aromatic nitrogens is 1. The predicted octanol–water partition coefficient (Wildman–Crippen LogP) is 2.71. The largest absolute Gasteiger partial charge is 0.440 e. The Morgan fingerprint density at radius 1 is 1.47 bits per heavy atom. The summed E-state index contributed by atoms with van der Waals surface area (Å²) in [4.78, 5) is 4.45. The van der Waals surface area contributed by atoms with Crippen LogP contribution in [-0.2, 0) is 6.42 Å². The minimum atomic E-state index is 0.562. The summed E-state index contributed by atoms with van der Waals surface area (Å²) in [5.41, 5.74) is 9.50. The molecule has 3 nitrogen and oxygen atoms in total. The average Bonchev–Trinajstić information content (AvgIpc) is 2.60. The van der Waals surface area contributed by atoms with Crippen molar-refractivity contribution < 1.29 is 4.42 Å². The van der Waals surface area contributed by atoms with Crippen LogP contribution in [0.1, 0.15) is 17.0 Å². The molecule has 0 unspecified atom stereocenters. The molecular weight excluding hydrogens is 256 g/mol. The molecule has 4 heteroatoms. The highest BCUT2D eigenvalue weighted by atomic mass is 79.9. The number of hydrogen-bond acceptors (Lipinski definition) is 3. The van der Waals surface area contributed by atoms with Crippen LogP contribution in [0.4, 0.5) is 0 Å². The van der Waals surface area contributed by atoms with Crippen molar-refractivity contribution in [3.05, 3.63) is 27.6 Å². The Kier molecular flexibility index (Phi) is 2.80. The van der Waals surface area contributed by atoms with Gasteiger partial charge in [0, 0.05) is 17.4 Å². The number of nitrogens with two attached hydrogens (primary N) is 1. The molecule has 1 aromatic carbocycles. The van der Waals surface area contributed by atoms with Gasteiger partial charge in [-0.3, -0.25) is 0 Å². The summed E-state index contributed by atoms with van der Waals surface area (Å²) in [6.07, 6.45) is 0.686. The lowest BCUT2D eigenvalue weighted by Gasteiger charge is -2.00. The highest BCUT2D eigenvalue weighted by Crippen LogP contribution is 2.29. The lowest BCUT2D eigenvalue weighted by atomic mass is 10.1. The molecule has 0 amide bonds. The van der Waals surface area contributed by atoms with E-state index in [0.29, 0.717) is 13.0 Å². The number of halogens is 1. The molecule has 0 aliphatic heterocycles. The number of fused-ring (bicyclic) bond motifs is 1. The van der Waals surface area contributed by atoms with E-state index in [4.69, 9.17) is 10.2 Å². The van der Waals surface area contributed by atoms with Crippen LogP contribution >= 0.6 is 15.9 Å². The Bertz CT molecular complexity index is 505. The zero-order valence-electron chi connectivity index (χ0n) is 8.80. The maximum absolute atomic E-state index is 5.66. The zero-order chi connectivity index (χ0) is 11.0. The second-order valence-electron chi connectivity index (χ2n) is 3.62. The summed E-state index contributed by atoms with van der Waals surface area (Å²) in [6.45, 7) is 4.61. The topological polar surface area (TPSA) is 52.0 Å².